The molecule has 0 radical (unpaired) electrons. The van der Waals surface area contributed by atoms with E-state index >= 15 is 0 Å². The lowest BCUT2D eigenvalue weighted by Crippen LogP contribution is -2.15. The van der Waals surface area contributed by atoms with E-state index in [1.54, 1.807) is 18.2 Å². The van der Waals surface area contributed by atoms with Crippen LogP contribution in [0.5, 0.6) is 0 Å². The van der Waals surface area contributed by atoms with Crippen LogP contribution in [0, 0.1) is 3.57 Å². The van der Waals surface area contributed by atoms with Crippen LogP contribution >= 0.6 is 34.2 Å². The molecular formula is C14H9ClINO3. The van der Waals surface area contributed by atoms with Crippen LogP contribution in [-0.2, 0) is 0 Å². The number of benzene rings is 2. The summed E-state index contributed by atoms with van der Waals surface area (Å²) >= 11 is 7.93. The number of carbonyl (C=O) groups excluding carboxylic acids is 1. The Balaban J connectivity index is 2.32. The molecule has 0 aliphatic carbocycles. The summed E-state index contributed by atoms with van der Waals surface area (Å²) in [5, 5.41) is 12.0. The molecule has 0 atom stereocenters. The Kier molecular flexibility index (Phi) is 4.61. The van der Waals surface area contributed by atoms with E-state index < -0.39 is 5.97 Å². The van der Waals surface area contributed by atoms with Crippen molar-refractivity contribution in [1.82, 2.24) is 0 Å². The molecule has 0 unspecified atom stereocenters. The summed E-state index contributed by atoms with van der Waals surface area (Å²) in [5.74, 6) is -1.51. The van der Waals surface area contributed by atoms with E-state index in [1.807, 2.05) is 6.07 Å². The van der Waals surface area contributed by atoms with Gasteiger partial charge in [0.2, 0.25) is 0 Å². The van der Waals surface area contributed by atoms with Gasteiger partial charge in [-0.3, -0.25) is 4.79 Å². The summed E-state index contributed by atoms with van der Waals surface area (Å²) in [6.07, 6.45) is 0. The first-order valence-electron chi connectivity index (χ1n) is 5.57. The molecule has 2 rings (SSSR count). The van der Waals surface area contributed by atoms with E-state index in [9.17, 15) is 9.59 Å². The van der Waals surface area contributed by atoms with Crippen molar-refractivity contribution in [2.75, 3.05) is 5.32 Å². The first-order chi connectivity index (χ1) is 9.47. The highest BCUT2D eigenvalue weighted by atomic mass is 127. The minimum Gasteiger partial charge on any atom is -0.478 e. The Morgan fingerprint density at radius 1 is 1.15 bits per heavy atom. The quantitative estimate of drug-likeness (QED) is 0.767. The second kappa shape index (κ2) is 6.23. The van der Waals surface area contributed by atoms with Crippen LogP contribution in [0.25, 0.3) is 0 Å². The topological polar surface area (TPSA) is 66.4 Å². The molecule has 20 heavy (non-hydrogen) atoms. The number of carbonyl (C=O) groups is 2. The average molecular weight is 402 g/mol. The first kappa shape index (κ1) is 14.8. The second-order valence-electron chi connectivity index (χ2n) is 3.96. The number of carboxylic acid groups (broad SMARTS) is 1. The summed E-state index contributed by atoms with van der Waals surface area (Å²) in [5.41, 5.74) is 0.621. The molecule has 2 N–H and O–H groups in total. The molecule has 102 valence electrons. The number of halogens is 2. The standard InChI is InChI=1S/C14H9ClINO3/c15-9-4-5-11(14(19)20)12(7-9)17-13(18)8-2-1-3-10(16)6-8/h1-7H,(H,17,18)(H,19,20). The van der Waals surface area contributed by atoms with Gasteiger partial charge >= 0.3 is 5.97 Å². The fraction of sp³-hybridized carbons (Fsp3) is 0. The summed E-state index contributed by atoms with van der Waals surface area (Å²) in [6.45, 7) is 0. The average Bonchev–Trinajstić information content (AvgIpc) is 2.38. The third-order valence-corrected chi connectivity index (χ3v) is 3.45. The monoisotopic (exact) mass is 401 g/mol. The van der Waals surface area contributed by atoms with Gasteiger partial charge in [-0.15, -0.1) is 0 Å². The van der Waals surface area contributed by atoms with E-state index in [2.05, 4.69) is 27.9 Å². The Hall–Kier alpha value is -1.60. The zero-order chi connectivity index (χ0) is 14.7. The van der Waals surface area contributed by atoms with Gasteiger partial charge in [-0.1, -0.05) is 17.7 Å². The van der Waals surface area contributed by atoms with Crippen LogP contribution in [0.2, 0.25) is 5.02 Å². The number of carboxylic acids is 1. The predicted molar refractivity (Wildman–Crippen MR) is 85.5 cm³/mol. The van der Waals surface area contributed by atoms with Crippen molar-refractivity contribution in [3.8, 4) is 0 Å². The van der Waals surface area contributed by atoms with Gasteiger partial charge in [0.05, 0.1) is 11.3 Å². The molecule has 0 aliphatic rings. The SMILES string of the molecule is O=C(Nc1cc(Cl)ccc1C(=O)O)c1cccc(I)c1. The number of amides is 1. The number of hydrogen-bond acceptors (Lipinski definition) is 2. The van der Waals surface area contributed by atoms with Crippen molar-refractivity contribution >= 4 is 51.8 Å². The predicted octanol–water partition coefficient (Wildman–Crippen LogP) is 3.90. The van der Waals surface area contributed by atoms with Gasteiger partial charge in [0.25, 0.3) is 5.91 Å². The van der Waals surface area contributed by atoms with Crippen molar-refractivity contribution in [2.45, 2.75) is 0 Å². The van der Waals surface area contributed by atoms with Gasteiger partial charge in [-0.25, -0.2) is 4.79 Å². The zero-order valence-corrected chi connectivity index (χ0v) is 13.0. The lowest BCUT2D eigenvalue weighted by molar-refractivity contribution is 0.0698. The van der Waals surface area contributed by atoms with Crippen LogP contribution in [0.15, 0.2) is 42.5 Å². The van der Waals surface area contributed by atoms with Crippen molar-refractivity contribution in [3.63, 3.8) is 0 Å². The fourth-order valence-electron chi connectivity index (χ4n) is 1.63. The number of aromatic carboxylic acids is 1. The fourth-order valence-corrected chi connectivity index (χ4v) is 2.35. The summed E-state index contributed by atoms with van der Waals surface area (Å²) < 4.78 is 0.916. The lowest BCUT2D eigenvalue weighted by Gasteiger charge is -2.09. The Bertz CT molecular complexity index is 688. The van der Waals surface area contributed by atoms with Crippen molar-refractivity contribution in [1.29, 1.82) is 0 Å². The molecule has 0 saturated carbocycles. The highest BCUT2D eigenvalue weighted by Gasteiger charge is 2.14. The highest BCUT2D eigenvalue weighted by Crippen LogP contribution is 2.22. The molecule has 2 aromatic rings. The van der Waals surface area contributed by atoms with Crippen LogP contribution in [0.3, 0.4) is 0 Å². The van der Waals surface area contributed by atoms with E-state index in [0.717, 1.165) is 3.57 Å². The highest BCUT2D eigenvalue weighted by molar-refractivity contribution is 14.1. The van der Waals surface area contributed by atoms with Gasteiger partial charge in [-0.05, 0) is 59.0 Å². The normalized spacial score (nSPS) is 10.1. The number of anilines is 1. The van der Waals surface area contributed by atoms with Gasteiger partial charge < -0.3 is 10.4 Å². The molecule has 0 saturated heterocycles. The molecule has 4 nitrogen and oxygen atoms in total. The summed E-state index contributed by atoms with van der Waals surface area (Å²) in [6, 6.07) is 11.2. The van der Waals surface area contributed by atoms with Gasteiger partial charge in [0.1, 0.15) is 0 Å². The molecule has 1 amide bonds. The number of rotatable bonds is 3. The maximum absolute atomic E-state index is 12.1. The Morgan fingerprint density at radius 3 is 2.55 bits per heavy atom. The van der Waals surface area contributed by atoms with Crippen molar-refractivity contribution in [2.24, 2.45) is 0 Å². The molecule has 0 bridgehead atoms. The molecule has 0 spiro atoms. The molecule has 0 aromatic heterocycles. The number of hydrogen-bond donors (Lipinski definition) is 2. The van der Waals surface area contributed by atoms with E-state index in [0.29, 0.717) is 10.6 Å². The van der Waals surface area contributed by atoms with E-state index in [4.69, 9.17) is 16.7 Å². The van der Waals surface area contributed by atoms with Crippen molar-refractivity contribution in [3.05, 3.63) is 62.2 Å². The van der Waals surface area contributed by atoms with Crippen molar-refractivity contribution < 1.29 is 14.7 Å². The maximum atomic E-state index is 12.1. The minimum absolute atomic E-state index is 0.00613. The molecule has 0 fully saturated rings. The third-order valence-electron chi connectivity index (χ3n) is 2.55. The van der Waals surface area contributed by atoms with Gasteiger partial charge in [-0.2, -0.15) is 0 Å². The molecule has 0 heterocycles. The number of nitrogens with one attached hydrogen (secondary N) is 1. The summed E-state index contributed by atoms with van der Waals surface area (Å²) in [7, 11) is 0. The lowest BCUT2D eigenvalue weighted by atomic mass is 10.1. The first-order valence-corrected chi connectivity index (χ1v) is 7.03. The van der Waals surface area contributed by atoms with Crippen LogP contribution < -0.4 is 5.32 Å². The summed E-state index contributed by atoms with van der Waals surface area (Å²) in [4.78, 5) is 23.2. The minimum atomic E-state index is -1.13. The van der Waals surface area contributed by atoms with Gasteiger partial charge in [0.15, 0.2) is 0 Å². The molecule has 0 aliphatic heterocycles. The molecular weight excluding hydrogens is 393 g/mol. The Morgan fingerprint density at radius 2 is 1.90 bits per heavy atom. The second-order valence-corrected chi connectivity index (χ2v) is 5.64. The van der Waals surface area contributed by atoms with Crippen LogP contribution in [0.1, 0.15) is 20.7 Å². The maximum Gasteiger partial charge on any atom is 0.337 e. The Labute approximate surface area is 133 Å². The van der Waals surface area contributed by atoms with Crippen LogP contribution in [-0.4, -0.2) is 17.0 Å². The smallest absolute Gasteiger partial charge is 0.337 e. The third kappa shape index (κ3) is 3.49. The molecule has 2 aromatic carbocycles. The zero-order valence-electron chi connectivity index (χ0n) is 10.1. The van der Waals surface area contributed by atoms with Crippen LogP contribution in [0.4, 0.5) is 5.69 Å². The van der Waals surface area contributed by atoms with E-state index in [-0.39, 0.29) is 17.2 Å². The molecule has 6 heteroatoms. The van der Waals surface area contributed by atoms with Gasteiger partial charge in [0, 0.05) is 14.2 Å². The largest absolute Gasteiger partial charge is 0.478 e. The van der Waals surface area contributed by atoms with E-state index in [1.165, 1.54) is 18.2 Å².